The number of furan rings is 1. The van der Waals surface area contributed by atoms with Gasteiger partial charge in [-0.15, -0.1) is 0 Å². The topological polar surface area (TPSA) is 75.5 Å². The van der Waals surface area contributed by atoms with Gasteiger partial charge in [0, 0.05) is 34.1 Å². The number of benzene rings is 3. The average molecular weight is 472 g/mol. The molecule has 5 aromatic rings. The van der Waals surface area contributed by atoms with Crippen molar-refractivity contribution in [3.63, 3.8) is 0 Å². The third-order valence-corrected chi connectivity index (χ3v) is 6.16. The molecule has 6 heteroatoms. The molecule has 2 N–H and O–H groups in total. The van der Waals surface area contributed by atoms with Crippen LogP contribution < -0.4 is 4.74 Å². The molecule has 0 aliphatic rings. The molecule has 178 valence electrons. The number of hydrogen-bond acceptors (Lipinski definition) is 3. The van der Waals surface area contributed by atoms with Gasteiger partial charge in [-0.2, -0.15) is 0 Å². The number of ether oxygens (including phenoxy) is 1. The van der Waals surface area contributed by atoms with Gasteiger partial charge in [0.15, 0.2) is 0 Å². The number of rotatable bonds is 9. The van der Waals surface area contributed by atoms with Crippen LogP contribution >= 0.6 is 0 Å². The smallest absolute Gasteiger partial charge is 0.307 e. The minimum Gasteiger partial charge on any atom is -0.493 e. The average Bonchev–Trinajstić information content (AvgIpc) is 3.44. The third kappa shape index (κ3) is 4.78. The Hall–Kier alpha value is -4.06. The van der Waals surface area contributed by atoms with Crippen LogP contribution in [-0.2, 0) is 24.1 Å². The van der Waals surface area contributed by atoms with E-state index in [1.165, 1.54) is 12.1 Å². The SMILES string of the molecule is CCCc1c(OCCc2cc3cc(CC(=O)O)ccc3[nH]2)ccc2c(-c3cccc(F)c3)coc12. The molecule has 5 rings (SSSR count). The number of carbonyl (C=O) groups is 1. The second-order valence-electron chi connectivity index (χ2n) is 8.71. The zero-order valence-electron chi connectivity index (χ0n) is 19.4. The van der Waals surface area contributed by atoms with Crippen LogP contribution in [0, 0.1) is 5.82 Å². The first kappa shape index (κ1) is 22.7. The lowest BCUT2D eigenvalue weighted by Crippen LogP contribution is -2.04. The first-order chi connectivity index (χ1) is 17.0. The van der Waals surface area contributed by atoms with Crippen molar-refractivity contribution in [3.05, 3.63) is 89.6 Å². The molecule has 0 bridgehead atoms. The van der Waals surface area contributed by atoms with Crippen LogP contribution in [0.2, 0.25) is 0 Å². The summed E-state index contributed by atoms with van der Waals surface area (Å²) in [4.78, 5) is 14.4. The number of aryl methyl sites for hydroxylation is 1. The van der Waals surface area contributed by atoms with E-state index in [-0.39, 0.29) is 12.2 Å². The molecule has 0 aliphatic heterocycles. The lowest BCUT2D eigenvalue weighted by molar-refractivity contribution is -0.136. The lowest BCUT2D eigenvalue weighted by Gasteiger charge is -2.12. The van der Waals surface area contributed by atoms with Crippen molar-refractivity contribution < 1.29 is 23.4 Å². The summed E-state index contributed by atoms with van der Waals surface area (Å²) < 4.78 is 25.9. The molecule has 35 heavy (non-hydrogen) atoms. The molecular weight excluding hydrogens is 445 g/mol. The van der Waals surface area contributed by atoms with E-state index < -0.39 is 5.97 Å². The fourth-order valence-electron chi connectivity index (χ4n) is 4.57. The molecule has 0 atom stereocenters. The summed E-state index contributed by atoms with van der Waals surface area (Å²) in [7, 11) is 0. The lowest BCUT2D eigenvalue weighted by atomic mass is 10.0. The number of aromatic nitrogens is 1. The van der Waals surface area contributed by atoms with Gasteiger partial charge in [-0.3, -0.25) is 4.79 Å². The standard InChI is InChI=1S/C29H26FNO4/c1-2-4-24-27(10-8-23-25(17-35-29(23)24)19-5-3-6-21(30)15-19)34-12-11-22-16-20-13-18(14-28(32)33)7-9-26(20)31-22/h3,5-10,13,15-17,31H,2,4,11-12,14H2,1H3,(H,32,33). The molecule has 0 saturated heterocycles. The number of carboxylic acid groups (broad SMARTS) is 1. The minimum absolute atomic E-state index is 0.00987. The van der Waals surface area contributed by atoms with E-state index in [4.69, 9.17) is 14.3 Å². The van der Waals surface area contributed by atoms with Crippen LogP contribution in [0.1, 0.15) is 30.2 Å². The van der Waals surface area contributed by atoms with Gasteiger partial charge in [0.25, 0.3) is 0 Å². The summed E-state index contributed by atoms with van der Waals surface area (Å²) in [6.45, 7) is 2.59. The molecule has 0 spiro atoms. The summed E-state index contributed by atoms with van der Waals surface area (Å²) in [5, 5.41) is 11.0. The summed E-state index contributed by atoms with van der Waals surface area (Å²) in [5.41, 5.74) is 6.22. The molecular formula is C29H26FNO4. The van der Waals surface area contributed by atoms with Gasteiger partial charge in [0.1, 0.15) is 17.1 Å². The number of halogens is 1. The highest BCUT2D eigenvalue weighted by Gasteiger charge is 2.16. The van der Waals surface area contributed by atoms with Gasteiger partial charge >= 0.3 is 5.97 Å². The van der Waals surface area contributed by atoms with Gasteiger partial charge in [0.05, 0.1) is 19.3 Å². The van der Waals surface area contributed by atoms with Crippen molar-refractivity contribution in [2.75, 3.05) is 6.61 Å². The Labute approximate surface area is 202 Å². The fraction of sp³-hybridized carbons (Fsp3) is 0.207. The first-order valence-electron chi connectivity index (χ1n) is 11.8. The van der Waals surface area contributed by atoms with Crippen molar-refractivity contribution in [2.24, 2.45) is 0 Å². The van der Waals surface area contributed by atoms with E-state index in [1.54, 1.807) is 12.3 Å². The largest absolute Gasteiger partial charge is 0.493 e. The second-order valence-corrected chi connectivity index (χ2v) is 8.71. The van der Waals surface area contributed by atoms with E-state index in [0.717, 1.165) is 68.4 Å². The molecule has 0 aliphatic carbocycles. The fourth-order valence-corrected chi connectivity index (χ4v) is 4.57. The maximum absolute atomic E-state index is 13.8. The van der Waals surface area contributed by atoms with Crippen LogP contribution in [0.3, 0.4) is 0 Å². The van der Waals surface area contributed by atoms with Crippen molar-refractivity contribution in [1.82, 2.24) is 4.98 Å². The van der Waals surface area contributed by atoms with Gasteiger partial charge in [-0.25, -0.2) is 4.39 Å². The molecule has 2 heterocycles. The Bertz CT molecular complexity index is 1510. The van der Waals surface area contributed by atoms with Gasteiger partial charge in [0.2, 0.25) is 0 Å². The van der Waals surface area contributed by atoms with Gasteiger partial charge in [-0.05, 0) is 65.4 Å². The number of hydrogen-bond donors (Lipinski definition) is 2. The maximum atomic E-state index is 13.8. The third-order valence-electron chi connectivity index (χ3n) is 6.16. The number of aromatic amines is 1. The Morgan fingerprint density at radius 2 is 1.97 bits per heavy atom. The van der Waals surface area contributed by atoms with E-state index in [9.17, 15) is 9.18 Å². The number of H-pyrrole nitrogens is 1. The van der Waals surface area contributed by atoms with E-state index in [1.807, 2.05) is 42.5 Å². The summed E-state index contributed by atoms with van der Waals surface area (Å²) in [5.74, 6) is -0.326. The van der Waals surface area contributed by atoms with Gasteiger partial charge in [-0.1, -0.05) is 31.5 Å². The highest BCUT2D eigenvalue weighted by atomic mass is 19.1. The van der Waals surface area contributed by atoms with Crippen LogP contribution in [0.15, 0.2) is 71.3 Å². The number of nitrogens with one attached hydrogen (secondary N) is 1. The molecule has 5 nitrogen and oxygen atoms in total. The molecule has 0 fully saturated rings. The van der Waals surface area contributed by atoms with Crippen LogP contribution in [0.4, 0.5) is 4.39 Å². The normalized spacial score (nSPS) is 11.4. The van der Waals surface area contributed by atoms with Crippen molar-refractivity contribution >= 4 is 27.8 Å². The number of aliphatic carboxylic acids is 1. The molecule has 0 saturated carbocycles. The molecule has 0 radical (unpaired) electrons. The number of fused-ring (bicyclic) bond motifs is 2. The Morgan fingerprint density at radius 3 is 2.77 bits per heavy atom. The minimum atomic E-state index is -0.840. The molecule has 2 aromatic heterocycles. The summed E-state index contributed by atoms with van der Waals surface area (Å²) in [6, 6.07) is 18.2. The quantitative estimate of drug-likeness (QED) is 0.245. The highest BCUT2D eigenvalue weighted by molar-refractivity contribution is 5.96. The maximum Gasteiger partial charge on any atom is 0.307 e. The Morgan fingerprint density at radius 1 is 1.09 bits per heavy atom. The number of carboxylic acids is 1. The zero-order chi connectivity index (χ0) is 24.4. The summed E-state index contributed by atoms with van der Waals surface area (Å²) >= 11 is 0. The summed E-state index contributed by atoms with van der Waals surface area (Å²) in [6.07, 6.45) is 4.12. The zero-order valence-corrected chi connectivity index (χ0v) is 19.4. The predicted octanol–water partition coefficient (Wildman–Crippen LogP) is 6.92. The van der Waals surface area contributed by atoms with Crippen LogP contribution in [0.5, 0.6) is 5.75 Å². The Balaban J connectivity index is 1.35. The first-order valence-corrected chi connectivity index (χ1v) is 11.8. The van der Waals surface area contributed by atoms with Crippen LogP contribution in [0.25, 0.3) is 33.0 Å². The monoisotopic (exact) mass is 471 g/mol. The molecule has 0 amide bonds. The van der Waals surface area contributed by atoms with Crippen molar-refractivity contribution in [3.8, 4) is 16.9 Å². The van der Waals surface area contributed by atoms with E-state index in [0.29, 0.717) is 13.0 Å². The van der Waals surface area contributed by atoms with E-state index >= 15 is 0 Å². The predicted molar refractivity (Wildman–Crippen MR) is 134 cm³/mol. The molecule has 0 unspecified atom stereocenters. The molecule has 3 aromatic carbocycles. The van der Waals surface area contributed by atoms with Crippen LogP contribution in [-0.4, -0.2) is 22.7 Å². The van der Waals surface area contributed by atoms with Crippen molar-refractivity contribution in [1.29, 1.82) is 0 Å². The van der Waals surface area contributed by atoms with Gasteiger partial charge < -0.3 is 19.2 Å². The van der Waals surface area contributed by atoms with Crippen molar-refractivity contribution in [2.45, 2.75) is 32.6 Å². The second kappa shape index (κ2) is 9.66. The van der Waals surface area contributed by atoms with E-state index in [2.05, 4.69) is 11.9 Å². The Kier molecular flexibility index (Phi) is 6.27. The highest BCUT2D eigenvalue weighted by Crippen LogP contribution is 2.37.